The Morgan fingerprint density at radius 1 is 1.52 bits per heavy atom. The van der Waals surface area contributed by atoms with Crippen molar-refractivity contribution in [2.45, 2.75) is 26.7 Å². The topological polar surface area (TPSA) is 75.5 Å². The normalized spacial score (nSPS) is 17.8. The average Bonchev–Trinajstić information content (AvgIpc) is 2.90. The summed E-state index contributed by atoms with van der Waals surface area (Å²) in [6.07, 6.45) is 1.91. The van der Waals surface area contributed by atoms with E-state index in [1.165, 1.54) is 12.1 Å². The number of nitrogens with zero attached hydrogens (tertiary/aromatic N) is 2. The number of non-ortho nitro benzene ring substituents is 1. The van der Waals surface area contributed by atoms with Crippen LogP contribution in [0.15, 0.2) is 18.2 Å². The van der Waals surface area contributed by atoms with Crippen LogP contribution in [0, 0.1) is 16.0 Å². The average molecular weight is 291 g/mol. The minimum atomic E-state index is -0.465. The minimum absolute atomic E-state index is 0.0485. The number of carbonyl (C=O) groups is 1. The first-order chi connectivity index (χ1) is 10.0. The second kappa shape index (κ2) is 6.56. The van der Waals surface area contributed by atoms with Gasteiger partial charge in [-0.15, -0.1) is 0 Å². The number of carbonyl (C=O) groups excluding carboxylic acids is 1. The van der Waals surface area contributed by atoms with E-state index in [0.29, 0.717) is 17.2 Å². The number of nitrogens with one attached hydrogen (secondary N) is 1. The molecule has 1 aliphatic rings. The Balaban J connectivity index is 2.30. The van der Waals surface area contributed by atoms with Gasteiger partial charge in [0, 0.05) is 37.5 Å². The third-order valence-corrected chi connectivity index (χ3v) is 3.72. The van der Waals surface area contributed by atoms with E-state index in [4.69, 9.17) is 0 Å². The number of nitro groups is 1. The summed E-state index contributed by atoms with van der Waals surface area (Å²) >= 11 is 0. The maximum absolute atomic E-state index is 12.6. The van der Waals surface area contributed by atoms with Crippen molar-refractivity contribution in [2.24, 2.45) is 5.92 Å². The molecule has 1 atom stereocenters. The molecular formula is C15H21N3O3. The highest BCUT2D eigenvalue weighted by Gasteiger charge is 2.27. The third-order valence-electron chi connectivity index (χ3n) is 3.72. The van der Waals surface area contributed by atoms with Crippen LogP contribution < -0.4 is 5.32 Å². The van der Waals surface area contributed by atoms with Crippen molar-refractivity contribution in [1.82, 2.24) is 4.90 Å². The fourth-order valence-corrected chi connectivity index (χ4v) is 2.53. The molecule has 1 aliphatic heterocycles. The summed E-state index contributed by atoms with van der Waals surface area (Å²) in [5.41, 5.74) is 1.02. The molecule has 0 bridgehead atoms. The zero-order chi connectivity index (χ0) is 15.4. The monoisotopic (exact) mass is 291 g/mol. The highest BCUT2D eigenvalue weighted by Crippen LogP contribution is 2.26. The minimum Gasteiger partial charge on any atom is -0.384 e. The van der Waals surface area contributed by atoms with Crippen molar-refractivity contribution in [3.8, 4) is 0 Å². The largest absolute Gasteiger partial charge is 0.384 e. The van der Waals surface area contributed by atoms with Crippen molar-refractivity contribution < 1.29 is 9.72 Å². The van der Waals surface area contributed by atoms with E-state index in [1.807, 2.05) is 6.92 Å². The number of nitro benzene ring substituents is 1. The van der Waals surface area contributed by atoms with E-state index >= 15 is 0 Å². The lowest BCUT2D eigenvalue weighted by molar-refractivity contribution is -0.384. The van der Waals surface area contributed by atoms with Crippen LogP contribution in [0.1, 0.15) is 37.0 Å². The Hall–Kier alpha value is -2.11. The fraction of sp³-hybridized carbons (Fsp3) is 0.533. The highest BCUT2D eigenvalue weighted by atomic mass is 16.6. The van der Waals surface area contributed by atoms with Gasteiger partial charge in [-0.3, -0.25) is 14.9 Å². The molecule has 114 valence electrons. The Morgan fingerprint density at radius 3 is 2.86 bits per heavy atom. The van der Waals surface area contributed by atoms with Crippen LogP contribution in [0.25, 0.3) is 0 Å². The standard InChI is InChI=1S/C15H21N3O3/c1-3-7-16-14-5-4-12(18(20)21)9-13(14)15(19)17-8-6-11(2)10-17/h4-5,9,11,16H,3,6-8,10H2,1-2H3. The molecule has 21 heavy (non-hydrogen) atoms. The van der Waals surface area contributed by atoms with E-state index in [0.717, 1.165) is 32.5 Å². The van der Waals surface area contributed by atoms with Crippen LogP contribution in [0.5, 0.6) is 0 Å². The zero-order valence-electron chi connectivity index (χ0n) is 12.5. The second-order valence-electron chi connectivity index (χ2n) is 5.56. The Morgan fingerprint density at radius 2 is 2.29 bits per heavy atom. The van der Waals surface area contributed by atoms with E-state index in [2.05, 4.69) is 12.2 Å². The third kappa shape index (κ3) is 3.51. The van der Waals surface area contributed by atoms with Gasteiger partial charge in [0.15, 0.2) is 0 Å². The first-order valence-corrected chi connectivity index (χ1v) is 7.34. The van der Waals surface area contributed by atoms with E-state index in [9.17, 15) is 14.9 Å². The molecule has 1 N–H and O–H groups in total. The first-order valence-electron chi connectivity index (χ1n) is 7.34. The number of likely N-dealkylation sites (tertiary alicyclic amines) is 1. The van der Waals surface area contributed by atoms with Gasteiger partial charge in [-0.2, -0.15) is 0 Å². The van der Waals surface area contributed by atoms with E-state index in [-0.39, 0.29) is 11.6 Å². The molecule has 0 radical (unpaired) electrons. The van der Waals surface area contributed by atoms with Gasteiger partial charge >= 0.3 is 0 Å². The van der Waals surface area contributed by atoms with E-state index < -0.39 is 4.92 Å². The maximum Gasteiger partial charge on any atom is 0.270 e. The Labute approximate surface area is 124 Å². The molecule has 0 spiro atoms. The molecule has 6 nitrogen and oxygen atoms in total. The van der Waals surface area contributed by atoms with Gasteiger partial charge in [0.2, 0.25) is 0 Å². The summed E-state index contributed by atoms with van der Waals surface area (Å²) in [6, 6.07) is 4.44. The van der Waals surface area contributed by atoms with Gasteiger partial charge in [-0.05, 0) is 24.8 Å². The summed E-state index contributed by atoms with van der Waals surface area (Å²) in [4.78, 5) is 24.9. The molecular weight excluding hydrogens is 270 g/mol. The number of amides is 1. The van der Waals surface area contributed by atoms with Crippen molar-refractivity contribution in [3.63, 3.8) is 0 Å². The molecule has 1 fully saturated rings. The molecule has 1 unspecified atom stereocenters. The summed E-state index contributed by atoms with van der Waals surface area (Å²) < 4.78 is 0. The smallest absolute Gasteiger partial charge is 0.270 e. The predicted octanol–water partition coefficient (Wildman–Crippen LogP) is 2.90. The molecule has 1 aromatic carbocycles. The Kier molecular flexibility index (Phi) is 4.77. The van der Waals surface area contributed by atoms with Crippen molar-refractivity contribution >= 4 is 17.3 Å². The maximum atomic E-state index is 12.6. The van der Waals surface area contributed by atoms with Crippen LogP contribution in [0.2, 0.25) is 0 Å². The van der Waals surface area contributed by atoms with Gasteiger partial charge in [0.1, 0.15) is 0 Å². The molecule has 1 amide bonds. The SMILES string of the molecule is CCCNc1ccc([N+](=O)[O-])cc1C(=O)N1CCC(C)C1. The van der Waals surface area contributed by atoms with Crippen LogP contribution in [-0.2, 0) is 0 Å². The molecule has 2 rings (SSSR count). The van der Waals surface area contributed by atoms with Gasteiger partial charge in [0.25, 0.3) is 11.6 Å². The van der Waals surface area contributed by atoms with Gasteiger partial charge in [0.05, 0.1) is 10.5 Å². The highest BCUT2D eigenvalue weighted by molar-refractivity contribution is 6.00. The van der Waals surface area contributed by atoms with Crippen molar-refractivity contribution in [2.75, 3.05) is 25.0 Å². The molecule has 6 heteroatoms. The van der Waals surface area contributed by atoms with Crippen molar-refractivity contribution in [1.29, 1.82) is 0 Å². The van der Waals surface area contributed by atoms with Crippen molar-refractivity contribution in [3.05, 3.63) is 33.9 Å². The van der Waals surface area contributed by atoms with Gasteiger partial charge in [-0.25, -0.2) is 0 Å². The van der Waals surface area contributed by atoms with Crippen LogP contribution in [0.3, 0.4) is 0 Å². The number of anilines is 1. The summed E-state index contributed by atoms with van der Waals surface area (Å²) in [5, 5.41) is 14.1. The summed E-state index contributed by atoms with van der Waals surface area (Å²) in [6.45, 7) is 6.30. The Bertz CT molecular complexity index is 545. The lowest BCUT2D eigenvalue weighted by atomic mass is 10.1. The quantitative estimate of drug-likeness (QED) is 0.668. The molecule has 1 aromatic rings. The number of hydrogen-bond donors (Lipinski definition) is 1. The fourth-order valence-electron chi connectivity index (χ4n) is 2.53. The number of hydrogen-bond acceptors (Lipinski definition) is 4. The van der Waals surface area contributed by atoms with Crippen LogP contribution in [0.4, 0.5) is 11.4 Å². The molecule has 1 saturated heterocycles. The van der Waals surface area contributed by atoms with Crippen LogP contribution in [-0.4, -0.2) is 35.4 Å². The molecule has 1 heterocycles. The summed E-state index contributed by atoms with van der Waals surface area (Å²) in [7, 11) is 0. The lowest BCUT2D eigenvalue weighted by Gasteiger charge is -2.18. The predicted molar refractivity (Wildman–Crippen MR) is 81.6 cm³/mol. The number of rotatable bonds is 5. The molecule has 0 aliphatic carbocycles. The summed E-state index contributed by atoms with van der Waals surface area (Å²) in [5.74, 6) is 0.362. The van der Waals surface area contributed by atoms with Gasteiger partial charge < -0.3 is 10.2 Å². The first kappa shape index (κ1) is 15.3. The van der Waals surface area contributed by atoms with Gasteiger partial charge in [-0.1, -0.05) is 13.8 Å². The molecule has 0 saturated carbocycles. The van der Waals surface area contributed by atoms with E-state index in [1.54, 1.807) is 11.0 Å². The lowest BCUT2D eigenvalue weighted by Crippen LogP contribution is -2.29. The second-order valence-corrected chi connectivity index (χ2v) is 5.56. The molecule has 0 aromatic heterocycles. The number of benzene rings is 1. The zero-order valence-corrected chi connectivity index (χ0v) is 12.5. The van der Waals surface area contributed by atoms with Crippen LogP contribution >= 0.6 is 0 Å².